The monoisotopic (exact) mass is 671 g/mol. The van der Waals surface area contributed by atoms with E-state index in [9.17, 15) is 39.3 Å². The lowest BCUT2D eigenvalue weighted by atomic mass is 10.00. The van der Waals surface area contributed by atoms with Crippen LogP contribution in [0.25, 0.3) is 0 Å². The molecule has 0 bridgehead atoms. The molecule has 0 radical (unpaired) electrons. The minimum atomic E-state index is -1.29. The molecule has 2 aromatic carbocycles. The zero-order chi connectivity index (χ0) is 34.5. The molecule has 0 aliphatic carbocycles. The normalized spacial score (nSPS) is 16.8. The molecule has 0 saturated carbocycles. The van der Waals surface area contributed by atoms with Crippen molar-refractivity contribution in [1.82, 2.24) is 26.6 Å². The van der Waals surface area contributed by atoms with Gasteiger partial charge in [-0.15, -0.1) is 0 Å². The first-order chi connectivity index (χ1) is 22.4. The number of hydrogen-bond donors (Lipinski definition) is 8. The molecule has 0 spiro atoms. The molecule has 5 atom stereocenters. The van der Waals surface area contributed by atoms with E-state index in [4.69, 9.17) is 0 Å². The molecule has 1 heterocycles. The van der Waals surface area contributed by atoms with Gasteiger partial charge in [0, 0.05) is 12.8 Å². The van der Waals surface area contributed by atoms with Gasteiger partial charge in [0.15, 0.2) is 0 Å². The molecule has 1 aliphatic heterocycles. The lowest BCUT2D eigenvalue weighted by molar-refractivity contribution is -0.142. The summed E-state index contributed by atoms with van der Waals surface area (Å²) in [7, 11) is 0. The lowest BCUT2D eigenvalue weighted by Crippen LogP contribution is -2.60. The summed E-state index contributed by atoms with van der Waals surface area (Å²) in [5.74, 6) is -3.35. The number of hydrogen-bond acceptors (Lipinski definition) is 9. The van der Waals surface area contributed by atoms with Crippen molar-refractivity contribution in [2.24, 2.45) is 5.92 Å². The summed E-state index contributed by atoms with van der Waals surface area (Å²) in [6, 6.07) is 7.27. The van der Waals surface area contributed by atoms with Crippen LogP contribution < -0.4 is 26.6 Å². The molecule has 0 aromatic heterocycles. The van der Waals surface area contributed by atoms with Crippen molar-refractivity contribution in [1.29, 1.82) is 0 Å². The van der Waals surface area contributed by atoms with E-state index in [1.807, 2.05) is 6.26 Å². The fourth-order valence-corrected chi connectivity index (χ4v) is 5.62. The van der Waals surface area contributed by atoms with E-state index in [1.54, 1.807) is 38.1 Å². The highest BCUT2D eigenvalue weighted by atomic mass is 32.2. The number of phenolic OH excluding ortho intramolecular Hbond substituents is 2. The van der Waals surface area contributed by atoms with Gasteiger partial charge in [-0.3, -0.25) is 19.2 Å². The van der Waals surface area contributed by atoms with Gasteiger partial charge in [-0.05, 0) is 79.1 Å². The van der Waals surface area contributed by atoms with Gasteiger partial charge in [0.25, 0.3) is 0 Å². The zero-order valence-corrected chi connectivity index (χ0v) is 27.6. The topological polar surface area (TPSA) is 206 Å². The number of aromatic hydroxyl groups is 2. The van der Waals surface area contributed by atoms with Crippen molar-refractivity contribution < 1.29 is 39.3 Å². The van der Waals surface area contributed by atoms with Crippen molar-refractivity contribution in [2.45, 2.75) is 76.2 Å². The molecule has 13 nitrogen and oxygen atoms in total. The summed E-state index contributed by atoms with van der Waals surface area (Å²) in [4.78, 5) is 65.6. The summed E-state index contributed by atoms with van der Waals surface area (Å²) in [5.41, 5.74) is 1.27. The van der Waals surface area contributed by atoms with Crippen molar-refractivity contribution in [3.63, 3.8) is 0 Å². The molecule has 256 valence electrons. The summed E-state index contributed by atoms with van der Waals surface area (Å²) in [5, 5.41) is 42.9. The summed E-state index contributed by atoms with van der Waals surface area (Å²) < 4.78 is 0. The maximum atomic E-state index is 13.7. The number of phenols is 2. The van der Waals surface area contributed by atoms with Gasteiger partial charge in [-0.25, -0.2) is 4.79 Å². The van der Waals surface area contributed by atoms with E-state index in [-0.39, 0.29) is 36.7 Å². The van der Waals surface area contributed by atoms with E-state index in [0.29, 0.717) is 29.8 Å². The van der Waals surface area contributed by atoms with Crippen LogP contribution in [0.15, 0.2) is 48.5 Å². The second kappa shape index (κ2) is 18.1. The predicted octanol–water partition coefficient (Wildman–Crippen LogP) is 1.07. The standard InChI is InChI=1S/C33H45N5O8S/c1-19(2)28(38-31(43)26(17-20-6-10-22(39)11-7-20)36-29(41)24-5-4-15-34-24)32(44)35-25(14-16-47-3)30(42)37-27(33(45)46)18-21-8-12-23(40)13-9-21/h6-13,19,24-28,34,39-40H,4-5,14-18H2,1-3H3,(H,35,44)(H,36,41)(H,37,42)(H,38,43)(H,45,46)/t24-,25-,26-,27-,28-/m0/s1. The van der Waals surface area contributed by atoms with Crippen LogP contribution in [0.2, 0.25) is 0 Å². The third-order valence-corrected chi connectivity index (χ3v) is 8.51. The second-order valence-corrected chi connectivity index (χ2v) is 12.9. The van der Waals surface area contributed by atoms with Gasteiger partial charge < -0.3 is 41.9 Å². The van der Waals surface area contributed by atoms with Crippen molar-refractivity contribution >= 4 is 41.4 Å². The van der Waals surface area contributed by atoms with E-state index >= 15 is 0 Å². The lowest BCUT2D eigenvalue weighted by Gasteiger charge is -2.28. The Bertz CT molecular complexity index is 1370. The van der Waals surface area contributed by atoms with Gasteiger partial charge in [0.1, 0.15) is 35.7 Å². The van der Waals surface area contributed by atoms with Crippen LogP contribution in [0, 0.1) is 5.92 Å². The Morgan fingerprint density at radius 3 is 1.81 bits per heavy atom. The third kappa shape index (κ3) is 11.8. The molecule has 4 amide bonds. The van der Waals surface area contributed by atoms with Gasteiger partial charge >= 0.3 is 5.97 Å². The van der Waals surface area contributed by atoms with Crippen LogP contribution in [0.3, 0.4) is 0 Å². The number of carboxylic acid groups (broad SMARTS) is 1. The van der Waals surface area contributed by atoms with Crippen LogP contribution in [0.1, 0.15) is 44.2 Å². The molecule has 3 rings (SSSR count). The van der Waals surface area contributed by atoms with Crippen molar-refractivity contribution in [2.75, 3.05) is 18.6 Å². The van der Waals surface area contributed by atoms with Gasteiger partial charge in [-0.1, -0.05) is 38.1 Å². The number of amides is 4. The van der Waals surface area contributed by atoms with E-state index in [0.717, 1.165) is 6.42 Å². The van der Waals surface area contributed by atoms with Crippen molar-refractivity contribution in [3.8, 4) is 11.5 Å². The molecule has 1 saturated heterocycles. The molecule has 14 heteroatoms. The predicted molar refractivity (Wildman–Crippen MR) is 178 cm³/mol. The van der Waals surface area contributed by atoms with E-state index < -0.39 is 59.8 Å². The first kappa shape index (κ1) is 37.2. The fraction of sp³-hybridized carbons (Fsp3) is 0.485. The average Bonchev–Trinajstić information content (AvgIpc) is 3.58. The molecule has 47 heavy (non-hydrogen) atoms. The molecule has 2 aromatic rings. The Kier molecular flexibility index (Phi) is 14.3. The number of carbonyl (C=O) groups is 5. The Balaban J connectivity index is 1.74. The Morgan fingerprint density at radius 2 is 1.32 bits per heavy atom. The maximum Gasteiger partial charge on any atom is 0.326 e. The molecular weight excluding hydrogens is 626 g/mol. The van der Waals surface area contributed by atoms with Crippen LogP contribution in [-0.4, -0.2) is 93.7 Å². The Labute approximate surface area is 278 Å². The van der Waals surface area contributed by atoms with Gasteiger partial charge in [0.2, 0.25) is 23.6 Å². The number of benzene rings is 2. The molecule has 1 fully saturated rings. The Morgan fingerprint density at radius 1 is 0.787 bits per heavy atom. The Hall–Kier alpha value is -4.30. The third-order valence-electron chi connectivity index (χ3n) is 7.87. The SMILES string of the molecule is CSCC[C@H](NC(=O)[C@@H](NC(=O)[C@H](Cc1ccc(O)cc1)NC(=O)[C@@H]1CCCN1)C(C)C)C(=O)N[C@@H](Cc1ccc(O)cc1)C(=O)O. The van der Waals surface area contributed by atoms with Crippen LogP contribution in [0.4, 0.5) is 0 Å². The second-order valence-electron chi connectivity index (χ2n) is 11.9. The number of carboxylic acids is 1. The molecule has 0 unspecified atom stereocenters. The highest BCUT2D eigenvalue weighted by Crippen LogP contribution is 2.15. The number of nitrogens with one attached hydrogen (secondary N) is 5. The largest absolute Gasteiger partial charge is 0.508 e. The molecule has 8 N–H and O–H groups in total. The smallest absolute Gasteiger partial charge is 0.326 e. The van der Waals surface area contributed by atoms with Gasteiger partial charge in [0.05, 0.1) is 6.04 Å². The fourth-order valence-electron chi connectivity index (χ4n) is 5.15. The van der Waals surface area contributed by atoms with E-state index in [1.165, 1.54) is 36.0 Å². The summed E-state index contributed by atoms with van der Waals surface area (Å²) >= 11 is 1.45. The zero-order valence-electron chi connectivity index (χ0n) is 26.8. The maximum absolute atomic E-state index is 13.7. The first-order valence-corrected chi connectivity index (χ1v) is 17.0. The number of carbonyl (C=O) groups excluding carboxylic acids is 4. The minimum absolute atomic E-state index is 0.0242. The highest BCUT2D eigenvalue weighted by Gasteiger charge is 2.34. The molecule has 1 aliphatic rings. The van der Waals surface area contributed by atoms with Crippen LogP contribution in [0.5, 0.6) is 11.5 Å². The highest BCUT2D eigenvalue weighted by molar-refractivity contribution is 7.98. The van der Waals surface area contributed by atoms with Crippen LogP contribution in [-0.2, 0) is 36.8 Å². The summed E-state index contributed by atoms with van der Waals surface area (Å²) in [6.07, 6.45) is 3.57. The summed E-state index contributed by atoms with van der Waals surface area (Å²) in [6.45, 7) is 4.16. The van der Waals surface area contributed by atoms with E-state index in [2.05, 4.69) is 26.6 Å². The number of rotatable bonds is 17. The minimum Gasteiger partial charge on any atom is -0.508 e. The first-order valence-electron chi connectivity index (χ1n) is 15.6. The quantitative estimate of drug-likeness (QED) is 0.120. The molecular formula is C33H45N5O8S. The van der Waals surface area contributed by atoms with Crippen LogP contribution >= 0.6 is 11.8 Å². The average molecular weight is 672 g/mol. The number of aliphatic carboxylic acids is 1. The van der Waals surface area contributed by atoms with Crippen molar-refractivity contribution in [3.05, 3.63) is 59.7 Å². The van der Waals surface area contributed by atoms with Gasteiger partial charge in [-0.2, -0.15) is 11.8 Å². The number of thioether (sulfide) groups is 1.